The molecule has 1 N–H and O–H groups in total. The molecule has 8 heteroatoms. The van der Waals surface area contributed by atoms with Crippen LogP contribution in [0.3, 0.4) is 0 Å². The molecular weight excluding hydrogens is 396 g/mol. The first kappa shape index (κ1) is 20.8. The van der Waals surface area contributed by atoms with Gasteiger partial charge in [0.05, 0.1) is 7.11 Å². The third kappa shape index (κ3) is 5.12. The summed E-state index contributed by atoms with van der Waals surface area (Å²) in [7, 11) is -1.93. The van der Waals surface area contributed by atoms with Crippen molar-refractivity contribution in [2.24, 2.45) is 0 Å². The summed E-state index contributed by atoms with van der Waals surface area (Å²) in [6.07, 6.45) is 2.26. The van der Waals surface area contributed by atoms with E-state index >= 15 is 0 Å². The van der Waals surface area contributed by atoms with Gasteiger partial charge in [-0.1, -0.05) is 19.1 Å². The third-order valence-electron chi connectivity index (χ3n) is 4.89. The fraction of sp³-hybridized carbons (Fsp3) is 0.450. The molecule has 1 atom stereocenters. The lowest BCUT2D eigenvalue weighted by Crippen LogP contribution is -2.35. The number of sulfonamides is 1. The maximum Gasteiger partial charge on any atom is 0.250 e. The summed E-state index contributed by atoms with van der Waals surface area (Å²) >= 11 is 1.30. The smallest absolute Gasteiger partial charge is 0.250 e. The Morgan fingerprint density at radius 3 is 2.79 bits per heavy atom. The molecule has 0 spiro atoms. The summed E-state index contributed by atoms with van der Waals surface area (Å²) < 4.78 is 33.7. The van der Waals surface area contributed by atoms with Crippen molar-refractivity contribution >= 4 is 27.3 Å². The molecule has 6 nitrogen and oxygen atoms in total. The first-order valence-electron chi connectivity index (χ1n) is 9.43. The predicted octanol–water partition coefficient (Wildman–Crippen LogP) is 3.18. The first-order valence-corrected chi connectivity index (χ1v) is 11.7. The van der Waals surface area contributed by atoms with E-state index in [-0.39, 0.29) is 11.9 Å². The molecule has 0 radical (unpaired) electrons. The van der Waals surface area contributed by atoms with Gasteiger partial charge in [0.2, 0.25) is 15.9 Å². The van der Waals surface area contributed by atoms with E-state index in [1.807, 2.05) is 37.3 Å². The molecule has 2 aromatic rings. The minimum Gasteiger partial charge on any atom is -0.497 e. The molecule has 3 rings (SSSR count). The molecule has 1 unspecified atom stereocenters. The molecule has 1 aromatic heterocycles. The molecule has 1 saturated heterocycles. The lowest BCUT2D eigenvalue weighted by atomic mass is 10.1. The number of thiophene rings is 1. The van der Waals surface area contributed by atoms with Crippen LogP contribution in [0.4, 0.5) is 0 Å². The van der Waals surface area contributed by atoms with Gasteiger partial charge in [-0.2, -0.15) is 0 Å². The van der Waals surface area contributed by atoms with Crippen LogP contribution in [0, 0.1) is 0 Å². The van der Waals surface area contributed by atoms with E-state index in [1.54, 1.807) is 18.1 Å². The van der Waals surface area contributed by atoms with Crippen LogP contribution in [0.1, 0.15) is 36.6 Å². The number of nitrogens with zero attached hydrogens (tertiary/aromatic N) is 1. The van der Waals surface area contributed by atoms with E-state index in [2.05, 4.69) is 4.72 Å². The van der Waals surface area contributed by atoms with Crippen LogP contribution in [0.15, 0.2) is 40.6 Å². The Morgan fingerprint density at radius 1 is 1.25 bits per heavy atom. The van der Waals surface area contributed by atoms with Crippen molar-refractivity contribution < 1.29 is 17.9 Å². The van der Waals surface area contributed by atoms with Gasteiger partial charge < -0.3 is 9.64 Å². The van der Waals surface area contributed by atoms with E-state index in [9.17, 15) is 13.2 Å². The van der Waals surface area contributed by atoms with Gasteiger partial charge in [-0.15, -0.1) is 11.3 Å². The lowest BCUT2D eigenvalue weighted by molar-refractivity contribution is -0.131. The Morgan fingerprint density at radius 2 is 2.07 bits per heavy atom. The van der Waals surface area contributed by atoms with Crippen LogP contribution in [-0.2, 0) is 27.8 Å². The van der Waals surface area contributed by atoms with E-state index in [0.29, 0.717) is 36.6 Å². The topological polar surface area (TPSA) is 75.7 Å². The number of ether oxygens (including phenoxy) is 1. The number of benzene rings is 1. The summed E-state index contributed by atoms with van der Waals surface area (Å²) in [6.45, 7) is 3.03. The molecular formula is C20H26N2O4S2. The monoisotopic (exact) mass is 422 g/mol. The number of hydrogen-bond acceptors (Lipinski definition) is 5. The maximum absolute atomic E-state index is 12.7. The lowest BCUT2D eigenvalue weighted by Gasteiger charge is -2.21. The summed E-state index contributed by atoms with van der Waals surface area (Å²) in [5.74, 6) is 0.807. The van der Waals surface area contributed by atoms with E-state index in [0.717, 1.165) is 22.6 Å². The maximum atomic E-state index is 12.7. The van der Waals surface area contributed by atoms with Crippen molar-refractivity contribution in [2.45, 2.75) is 49.4 Å². The summed E-state index contributed by atoms with van der Waals surface area (Å²) in [6, 6.07) is 10.9. The van der Waals surface area contributed by atoms with Gasteiger partial charge >= 0.3 is 0 Å². The number of carbonyl (C=O) groups is 1. The highest BCUT2D eigenvalue weighted by molar-refractivity contribution is 7.91. The Kier molecular flexibility index (Phi) is 6.74. The molecule has 1 fully saturated rings. The fourth-order valence-corrected chi connectivity index (χ4v) is 5.90. The second kappa shape index (κ2) is 9.07. The van der Waals surface area contributed by atoms with Crippen molar-refractivity contribution in [2.75, 3.05) is 13.7 Å². The molecule has 1 aromatic carbocycles. The number of hydrogen-bond donors (Lipinski definition) is 1. The highest BCUT2D eigenvalue weighted by Crippen LogP contribution is 2.24. The van der Waals surface area contributed by atoms with Gasteiger partial charge in [0, 0.05) is 30.4 Å². The first-order chi connectivity index (χ1) is 13.4. The number of aryl methyl sites for hydroxylation is 1. The van der Waals surface area contributed by atoms with Crippen LogP contribution in [0.2, 0.25) is 0 Å². The standard InChI is InChI=1S/C20H26N2O4S2/c1-3-18-8-10-20(27-18)28(24,25)21-16-7-9-19(23)22(12-11-16)14-15-5-4-6-17(13-15)26-2/h4-6,8,10,13,16,21H,3,7,9,11-12,14H2,1-2H3. The molecule has 1 aliphatic rings. The average molecular weight is 423 g/mol. The highest BCUT2D eigenvalue weighted by atomic mass is 32.2. The molecule has 152 valence electrons. The highest BCUT2D eigenvalue weighted by Gasteiger charge is 2.27. The summed E-state index contributed by atoms with van der Waals surface area (Å²) in [5.41, 5.74) is 0.998. The predicted molar refractivity (Wildman–Crippen MR) is 110 cm³/mol. The van der Waals surface area contributed by atoms with Crippen molar-refractivity contribution in [1.82, 2.24) is 9.62 Å². The molecule has 0 aliphatic carbocycles. The zero-order valence-electron chi connectivity index (χ0n) is 16.2. The van der Waals surface area contributed by atoms with Gasteiger partial charge in [0.25, 0.3) is 0 Å². The van der Waals surface area contributed by atoms with E-state index < -0.39 is 10.0 Å². The zero-order chi connectivity index (χ0) is 20.1. The second-order valence-electron chi connectivity index (χ2n) is 6.89. The molecule has 2 heterocycles. The Balaban J connectivity index is 1.63. The quantitative estimate of drug-likeness (QED) is 0.744. The fourth-order valence-electron chi connectivity index (χ4n) is 3.28. The zero-order valence-corrected chi connectivity index (χ0v) is 17.8. The number of likely N-dealkylation sites (tertiary alicyclic amines) is 1. The number of methoxy groups -OCH3 is 1. The number of rotatable bonds is 7. The van der Waals surface area contributed by atoms with Crippen LogP contribution in [0.5, 0.6) is 5.75 Å². The largest absolute Gasteiger partial charge is 0.497 e. The van der Waals surface area contributed by atoms with Crippen LogP contribution < -0.4 is 9.46 Å². The van der Waals surface area contributed by atoms with Crippen LogP contribution >= 0.6 is 11.3 Å². The molecule has 1 amide bonds. The minimum atomic E-state index is -3.55. The van der Waals surface area contributed by atoms with Crippen molar-refractivity contribution in [3.63, 3.8) is 0 Å². The Hall–Kier alpha value is -1.90. The van der Waals surface area contributed by atoms with E-state index in [1.165, 1.54) is 11.3 Å². The van der Waals surface area contributed by atoms with Crippen molar-refractivity contribution in [3.8, 4) is 5.75 Å². The SMILES string of the molecule is CCc1ccc(S(=O)(=O)NC2CCC(=O)N(Cc3cccc(OC)c3)CC2)s1. The van der Waals surface area contributed by atoms with Gasteiger partial charge in [-0.3, -0.25) is 4.79 Å². The Labute approximate surface area is 170 Å². The summed E-state index contributed by atoms with van der Waals surface area (Å²) in [5, 5.41) is 0. The van der Waals surface area contributed by atoms with Gasteiger partial charge in [0.1, 0.15) is 9.96 Å². The van der Waals surface area contributed by atoms with Gasteiger partial charge in [-0.25, -0.2) is 13.1 Å². The van der Waals surface area contributed by atoms with Crippen LogP contribution in [0.25, 0.3) is 0 Å². The number of carbonyl (C=O) groups excluding carboxylic acids is 1. The normalized spacial score (nSPS) is 18.1. The molecule has 0 saturated carbocycles. The number of amides is 1. The minimum absolute atomic E-state index is 0.0499. The summed E-state index contributed by atoms with van der Waals surface area (Å²) in [4.78, 5) is 15.4. The van der Waals surface area contributed by atoms with Gasteiger partial charge in [0.15, 0.2) is 0 Å². The van der Waals surface area contributed by atoms with E-state index in [4.69, 9.17) is 4.74 Å². The molecule has 28 heavy (non-hydrogen) atoms. The van der Waals surface area contributed by atoms with Crippen molar-refractivity contribution in [3.05, 3.63) is 46.8 Å². The van der Waals surface area contributed by atoms with Gasteiger partial charge in [-0.05, 0) is 49.1 Å². The van der Waals surface area contributed by atoms with Crippen LogP contribution in [-0.4, -0.2) is 38.9 Å². The third-order valence-corrected chi connectivity index (χ3v) is 8.13. The molecule has 0 bridgehead atoms. The average Bonchev–Trinajstić information content (AvgIpc) is 3.13. The van der Waals surface area contributed by atoms with Crippen molar-refractivity contribution in [1.29, 1.82) is 0 Å². The number of nitrogens with one attached hydrogen (secondary N) is 1. The molecule has 1 aliphatic heterocycles. The second-order valence-corrected chi connectivity index (χ2v) is 10.00. The Bertz CT molecular complexity index is 924.